The molecule has 2 N–H and O–H groups in total. The molecule has 1 aliphatic heterocycles. The molecule has 9 heteroatoms. The van der Waals surface area contributed by atoms with Crippen molar-refractivity contribution in [1.29, 1.82) is 0 Å². The van der Waals surface area contributed by atoms with Crippen LogP contribution >= 0.6 is 47.5 Å². The molecule has 2 aromatic rings. The number of fused-ring (bicyclic) bond motifs is 1. The highest BCUT2D eigenvalue weighted by Gasteiger charge is 2.27. The van der Waals surface area contributed by atoms with Crippen LogP contribution < -0.4 is 15.5 Å². The molecule has 3 heterocycles. The smallest absolute Gasteiger partial charge is 0.261 e. The van der Waals surface area contributed by atoms with Gasteiger partial charge in [0, 0.05) is 19.6 Å². The van der Waals surface area contributed by atoms with E-state index < -0.39 is 0 Å². The van der Waals surface area contributed by atoms with E-state index in [9.17, 15) is 4.79 Å². The van der Waals surface area contributed by atoms with Crippen LogP contribution in [0.4, 0.5) is 5.13 Å². The molecular formula is C17H28Cl2N4OS2. The summed E-state index contributed by atoms with van der Waals surface area (Å²) in [5.41, 5.74) is 0.212. The van der Waals surface area contributed by atoms with Gasteiger partial charge in [0.05, 0.1) is 9.58 Å². The topological polar surface area (TPSA) is 57.3 Å². The Labute approximate surface area is 175 Å². The largest absolute Gasteiger partial charge is 0.351 e. The molecule has 0 atom stereocenters. The van der Waals surface area contributed by atoms with Crippen LogP contribution in [0.3, 0.4) is 0 Å². The van der Waals surface area contributed by atoms with Gasteiger partial charge >= 0.3 is 0 Å². The van der Waals surface area contributed by atoms with Crippen LogP contribution in [-0.4, -0.2) is 43.6 Å². The van der Waals surface area contributed by atoms with Gasteiger partial charge in [0.15, 0.2) is 5.13 Å². The Morgan fingerprint density at radius 3 is 2.50 bits per heavy atom. The Kier molecular flexibility index (Phi) is 9.09. The zero-order chi connectivity index (χ0) is 17.2. The normalized spacial score (nSPS) is 15.8. The molecule has 0 aromatic carbocycles. The molecule has 0 aliphatic carbocycles. The molecule has 0 radical (unpaired) electrons. The van der Waals surface area contributed by atoms with Gasteiger partial charge in [-0.15, -0.1) is 36.2 Å². The Morgan fingerprint density at radius 2 is 1.92 bits per heavy atom. The maximum Gasteiger partial charge on any atom is 0.261 e. The summed E-state index contributed by atoms with van der Waals surface area (Å²) in [7, 11) is 0. The van der Waals surface area contributed by atoms with Crippen LogP contribution in [0.2, 0.25) is 0 Å². The molecule has 1 aliphatic rings. The molecule has 0 unspecified atom stereocenters. The van der Waals surface area contributed by atoms with Crippen molar-refractivity contribution >= 4 is 68.1 Å². The maximum absolute atomic E-state index is 12.5. The van der Waals surface area contributed by atoms with Crippen molar-refractivity contribution in [1.82, 2.24) is 15.6 Å². The van der Waals surface area contributed by atoms with Gasteiger partial charge in [0.25, 0.3) is 5.91 Å². The van der Waals surface area contributed by atoms with Gasteiger partial charge in [-0.3, -0.25) is 4.79 Å². The molecule has 148 valence electrons. The number of nitrogens with one attached hydrogen (secondary N) is 2. The first-order valence-corrected chi connectivity index (χ1v) is 10.3. The molecule has 0 bridgehead atoms. The molecule has 5 nitrogen and oxygen atoms in total. The minimum atomic E-state index is 0. The van der Waals surface area contributed by atoms with Crippen molar-refractivity contribution in [2.45, 2.75) is 33.6 Å². The predicted molar refractivity (Wildman–Crippen MR) is 118 cm³/mol. The first kappa shape index (κ1) is 23.4. The third kappa shape index (κ3) is 5.23. The number of piperidine rings is 1. The minimum absolute atomic E-state index is 0. The number of carbonyl (C=O) groups is 1. The van der Waals surface area contributed by atoms with E-state index in [1.54, 1.807) is 11.3 Å². The van der Waals surface area contributed by atoms with Crippen molar-refractivity contribution in [2.75, 3.05) is 37.6 Å². The van der Waals surface area contributed by atoms with Crippen LogP contribution in [0.15, 0.2) is 6.07 Å². The molecule has 0 saturated carbocycles. The number of hydrogen-bond donors (Lipinski definition) is 2. The second-order valence-corrected chi connectivity index (χ2v) is 8.73. The zero-order valence-electron chi connectivity index (χ0n) is 15.5. The zero-order valence-corrected chi connectivity index (χ0v) is 18.7. The first-order chi connectivity index (χ1) is 11.5. The summed E-state index contributed by atoms with van der Waals surface area (Å²) in [5.74, 6) is 0.0364. The Hall–Kier alpha value is -0.600. The molecule has 3 rings (SSSR count). The van der Waals surface area contributed by atoms with Gasteiger partial charge in [-0.1, -0.05) is 18.3 Å². The van der Waals surface area contributed by atoms with E-state index in [0.717, 1.165) is 65.1 Å². The number of nitrogens with zero attached hydrogens (tertiary/aromatic N) is 2. The average Bonchev–Trinajstić information content (AvgIpc) is 3.14. The van der Waals surface area contributed by atoms with Crippen molar-refractivity contribution in [2.24, 2.45) is 5.41 Å². The van der Waals surface area contributed by atoms with Crippen LogP contribution in [-0.2, 0) is 0 Å². The van der Waals surface area contributed by atoms with Crippen LogP contribution in [0.25, 0.3) is 9.53 Å². The number of rotatable bonds is 6. The Morgan fingerprint density at radius 1 is 1.27 bits per heavy atom. The molecule has 0 spiro atoms. The van der Waals surface area contributed by atoms with Crippen molar-refractivity contribution in [3.8, 4) is 0 Å². The van der Waals surface area contributed by atoms with E-state index in [0.29, 0.717) is 0 Å². The third-order valence-corrected chi connectivity index (χ3v) is 7.04. The predicted octanol–water partition coefficient (Wildman–Crippen LogP) is 4.17. The quantitative estimate of drug-likeness (QED) is 0.710. The lowest BCUT2D eigenvalue weighted by molar-refractivity contribution is 0.0926. The van der Waals surface area contributed by atoms with E-state index in [4.69, 9.17) is 4.98 Å². The lowest BCUT2D eigenvalue weighted by Crippen LogP contribution is -2.42. The van der Waals surface area contributed by atoms with Crippen LogP contribution in [0.1, 0.15) is 43.3 Å². The van der Waals surface area contributed by atoms with E-state index in [1.165, 1.54) is 11.3 Å². The third-order valence-electron chi connectivity index (χ3n) is 4.82. The number of halogens is 2. The molecule has 1 fully saturated rings. The number of hydrogen-bond acceptors (Lipinski definition) is 6. The second kappa shape index (κ2) is 10.1. The molecule has 1 amide bonds. The summed E-state index contributed by atoms with van der Waals surface area (Å²) in [6, 6.07) is 1.99. The van der Waals surface area contributed by atoms with Gasteiger partial charge in [0.2, 0.25) is 0 Å². The Balaban J connectivity index is 0.00000169. The number of thiazole rings is 1. The standard InChI is InChI=1S/C17H26N4OS2.2ClH/c1-4-21(5-2)16-20-15-13(24-16)10-12(23-15)14(22)19-11-17(3)6-8-18-9-7-17;;/h10,18H,4-9,11H2,1-3H3,(H,19,22);2*1H. The summed E-state index contributed by atoms with van der Waals surface area (Å²) in [5, 5.41) is 7.56. The first-order valence-electron chi connectivity index (χ1n) is 8.69. The summed E-state index contributed by atoms with van der Waals surface area (Å²) >= 11 is 3.17. The molecule has 2 aromatic heterocycles. The van der Waals surface area contributed by atoms with Crippen molar-refractivity contribution in [3.63, 3.8) is 0 Å². The second-order valence-electron chi connectivity index (χ2n) is 6.69. The van der Waals surface area contributed by atoms with Gasteiger partial charge in [0.1, 0.15) is 4.83 Å². The van der Waals surface area contributed by atoms with Crippen LogP contribution in [0.5, 0.6) is 0 Å². The fourth-order valence-electron chi connectivity index (χ4n) is 3.05. The summed E-state index contributed by atoms with van der Waals surface area (Å²) in [6.45, 7) is 11.3. The minimum Gasteiger partial charge on any atom is -0.351 e. The fourth-order valence-corrected chi connectivity index (χ4v) is 5.31. The number of carbonyl (C=O) groups excluding carboxylic acids is 1. The lowest BCUT2D eigenvalue weighted by Gasteiger charge is -2.34. The summed E-state index contributed by atoms with van der Waals surface area (Å²) in [6.07, 6.45) is 2.23. The van der Waals surface area contributed by atoms with Crippen LogP contribution in [0, 0.1) is 5.41 Å². The summed E-state index contributed by atoms with van der Waals surface area (Å²) in [4.78, 5) is 21.2. The highest BCUT2D eigenvalue weighted by Crippen LogP contribution is 2.34. The Bertz CT molecular complexity index is 677. The highest BCUT2D eigenvalue weighted by molar-refractivity contribution is 7.29. The van der Waals surface area contributed by atoms with E-state index in [1.807, 2.05) is 6.07 Å². The van der Waals surface area contributed by atoms with Gasteiger partial charge in [-0.05, 0) is 51.3 Å². The van der Waals surface area contributed by atoms with E-state index in [-0.39, 0.29) is 36.1 Å². The van der Waals surface area contributed by atoms with E-state index >= 15 is 0 Å². The van der Waals surface area contributed by atoms with Crippen molar-refractivity contribution < 1.29 is 4.79 Å². The fraction of sp³-hybridized carbons (Fsp3) is 0.647. The maximum atomic E-state index is 12.5. The monoisotopic (exact) mass is 438 g/mol. The highest BCUT2D eigenvalue weighted by atomic mass is 35.5. The average molecular weight is 439 g/mol. The summed E-state index contributed by atoms with van der Waals surface area (Å²) < 4.78 is 1.11. The van der Waals surface area contributed by atoms with Gasteiger partial charge < -0.3 is 15.5 Å². The van der Waals surface area contributed by atoms with Gasteiger partial charge in [-0.2, -0.15) is 0 Å². The SMILES string of the molecule is CCN(CC)c1nc2sc(C(=O)NCC3(C)CCNCC3)cc2s1.Cl.Cl. The van der Waals surface area contributed by atoms with Crippen molar-refractivity contribution in [3.05, 3.63) is 10.9 Å². The molecule has 1 saturated heterocycles. The number of amides is 1. The lowest BCUT2D eigenvalue weighted by atomic mass is 9.81. The van der Waals surface area contributed by atoms with Gasteiger partial charge in [-0.25, -0.2) is 4.98 Å². The molecular weight excluding hydrogens is 411 g/mol. The number of aromatic nitrogens is 1. The number of anilines is 1. The number of thiophene rings is 1. The molecule has 26 heavy (non-hydrogen) atoms. The van der Waals surface area contributed by atoms with E-state index in [2.05, 4.69) is 36.3 Å².